The van der Waals surface area contributed by atoms with E-state index in [1.807, 2.05) is 6.07 Å². The summed E-state index contributed by atoms with van der Waals surface area (Å²) in [6.45, 7) is 0. The number of carbonyl (C=O) groups is 1. The van der Waals surface area contributed by atoms with Crippen LogP contribution in [0.2, 0.25) is 0 Å². The van der Waals surface area contributed by atoms with Gasteiger partial charge in [-0.1, -0.05) is 11.3 Å². The zero-order chi connectivity index (χ0) is 15.0. The third-order valence-electron chi connectivity index (χ3n) is 3.08. The number of para-hydroxylation sites is 1. The number of benzene rings is 2. The molecule has 0 amide bonds. The van der Waals surface area contributed by atoms with Crippen molar-refractivity contribution in [1.29, 1.82) is 0 Å². The minimum Gasteiger partial charge on any atom is -0.495 e. The Hall–Kier alpha value is -2.41. The van der Waals surface area contributed by atoms with Crippen LogP contribution in [0.1, 0.15) is 10.4 Å². The number of fused-ring (bicyclic) bond motifs is 1. The van der Waals surface area contributed by atoms with Gasteiger partial charge in [-0.05, 0) is 40.2 Å². The van der Waals surface area contributed by atoms with Crippen LogP contribution >= 0.6 is 15.9 Å². The molecule has 0 bridgehead atoms. The molecule has 0 saturated heterocycles. The number of methoxy groups -OCH3 is 1. The molecule has 1 heterocycles. The average Bonchev–Trinajstić information content (AvgIpc) is 2.91. The van der Waals surface area contributed by atoms with Crippen molar-refractivity contribution in [1.82, 2.24) is 15.0 Å². The summed E-state index contributed by atoms with van der Waals surface area (Å²) in [4.78, 5) is 11.4. The second-order valence-corrected chi connectivity index (χ2v) is 5.15. The van der Waals surface area contributed by atoms with E-state index in [0.29, 0.717) is 22.5 Å². The molecule has 0 aliphatic rings. The summed E-state index contributed by atoms with van der Waals surface area (Å²) in [7, 11) is 1.56. The number of aromatic carboxylic acids is 1. The fourth-order valence-electron chi connectivity index (χ4n) is 2.11. The lowest BCUT2D eigenvalue weighted by molar-refractivity contribution is 0.0698. The van der Waals surface area contributed by atoms with E-state index < -0.39 is 5.97 Å². The van der Waals surface area contributed by atoms with Gasteiger partial charge >= 0.3 is 5.97 Å². The Balaban J connectivity index is 2.28. The Morgan fingerprint density at radius 1 is 1.33 bits per heavy atom. The minimum absolute atomic E-state index is 0.152. The van der Waals surface area contributed by atoms with Crippen LogP contribution in [0.15, 0.2) is 40.9 Å². The van der Waals surface area contributed by atoms with Crippen molar-refractivity contribution in [3.05, 3.63) is 46.4 Å². The van der Waals surface area contributed by atoms with Gasteiger partial charge in [0.1, 0.15) is 16.8 Å². The van der Waals surface area contributed by atoms with Crippen LogP contribution < -0.4 is 4.74 Å². The van der Waals surface area contributed by atoms with Crippen molar-refractivity contribution in [2.45, 2.75) is 0 Å². The highest BCUT2D eigenvalue weighted by atomic mass is 79.9. The van der Waals surface area contributed by atoms with E-state index in [4.69, 9.17) is 4.74 Å². The number of rotatable bonds is 3. The average molecular weight is 348 g/mol. The number of carboxylic acids is 1. The molecule has 6 nitrogen and oxygen atoms in total. The molecule has 0 saturated carbocycles. The molecular formula is C14H10BrN3O3. The largest absolute Gasteiger partial charge is 0.495 e. The molecule has 3 aromatic rings. The minimum atomic E-state index is -1.02. The molecule has 0 atom stereocenters. The lowest BCUT2D eigenvalue weighted by Gasteiger charge is -2.08. The van der Waals surface area contributed by atoms with Crippen LogP contribution in [0.25, 0.3) is 16.7 Å². The van der Waals surface area contributed by atoms with Crippen LogP contribution in [0.5, 0.6) is 5.75 Å². The number of hydrogen-bond donors (Lipinski definition) is 1. The third-order valence-corrected chi connectivity index (χ3v) is 3.73. The Morgan fingerprint density at radius 2 is 2.14 bits per heavy atom. The predicted octanol–water partition coefficient (Wildman–Crippen LogP) is 2.89. The van der Waals surface area contributed by atoms with Crippen LogP contribution in [0.3, 0.4) is 0 Å². The van der Waals surface area contributed by atoms with Gasteiger partial charge in [0, 0.05) is 6.07 Å². The molecule has 0 unspecified atom stereocenters. The van der Waals surface area contributed by atoms with E-state index in [-0.39, 0.29) is 5.56 Å². The molecule has 0 aliphatic carbocycles. The number of carboxylic acid groups (broad SMARTS) is 1. The van der Waals surface area contributed by atoms with Gasteiger partial charge in [-0.3, -0.25) is 0 Å². The molecule has 0 fully saturated rings. The van der Waals surface area contributed by atoms with Crippen molar-refractivity contribution in [3.63, 3.8) is 0 Å². The summed E-state index contributed by atoms with van der Waals surface area (Å²) in [6, 6.07) is 10.3. The Morgan fingerprint density at radius 3 is 2.86 bits per heavy atom. The standard InChI is InChI=1S/C14H10BrN3O3/c1-21-12-7-8(5-6-10(12)15)18-13-9(14(19)20)3-2-4-11(13)16-17-18/h2-7H,1H3,(H,19,20). The van der Waals surface area contributed by atoms with Gasteiger partial charge < -0.3 is 9.84 Å². The van der Waals surface area contributed by atoms with E-state index in [2.05, 4.69) is 26.2 Å². The summed E-state index contributed by atoms with van der Waals surface area (Å²) in [6.07, 6.45) is 0. The molecule has 7 heteroatoms. The molecule has 1 N–H and O–H groups in total. The van der Waals surface area contributed by atoms with Gasteiger partial charge in [0.25, 0.3) is 0 Å². The highest BCUT2D eigenvalue weighted by Crippen LogP contribution is 2.28. The maximum atomic E-state index is 11.4. The van der Waals surface area contributed by atoms with Crippen LogP contribution in [-0.2, 0) is 0 Å². The van der Waals surface area contributed by atoms with Gasteiger partial charge in [0.15, 0.2) is 0 Å². The number of halogens is 1. The first-order valence-corrected chi connectivity index (χ1v) is 6.82. The maximum Gasteiger partial charge on any atom is 0.337 e. The summed E-state index contributed by atoms with van der Waals surface area (Å²) in [5.41, 5.74) is 1.80. The summed E-state index contributed by atoms with van der Waals surface area (Å²) < 4.78 is 7.54. The maximum absolute atomic E-state index is 11.4. The molecular weight excluding hydrogens is 338 g/mol. The molecule has 2 aromatic carbocycles. The SMILES string of the molecule is COc1cc(-n2nnc3cccc(C(=O)O)c32)ccc1Br. The molecule has 0 spiro atoms. The van der Waals surface area contributed by atoms with Crippen molar-refractivity contribution >= 4 is 32.9 Å². The van der Waals surface area contributed by atoms with E-state index >= 15 is 0 Å². The van der Waals surface area contributed by atoms with E-state index in [9.17, 15) is 9.90 Å². The zero-order valence-electron chi connectivity index (χ0n) is 10.9. The van der Waals surface area contributed by atoms with Crippen molar-refractivity contribution in [2.24, 2.45) is 0 Å². The van der Waals surface area contributed by atoms with Crippen LogP contribution in [0, 0.1) is 0 Å². The van der Waals surface area contributed by atoms with Crippen molar-refractivity contribution in [2.75, 3.05) is 7.11 Å². The first-order valence-electron chi connectivity index (χ1n) is 6.03. The summed E-state index contributed by atoms with van der Waals surface area (Å²) in [5.74, 6) is -0.391. The second kappa shape index (κ2) is 5.17. The first kappa shape index (κ1) is 13.6. The van der Waals surface area contributed by atoms with Gasteiger partial charge in [-0.15, -0.1) is 5.10 Å². The molecule has 3 rings (SSSR count). The van der Waals surface area contributed by atoms with Crippen LogP contribution in [0.4, 0.5) is 0 Å². The monoisotopic (exact) mass is 347 g/mol. The molecule has 21 heavy (non-hydrogen) atoms. The summed E-state index contributed by atoms with van der Waals surface area (Å²) in [5, 5.41) is 17.4. The number of hydrogen-bond acceptors (Lipinski definition) is 4. The van der Waals surface area contributed by atoms with Crippen LogP contribution in [-0.4, -0.2) is 33.2 Å². The summed E-state index contributed by atoms with van der Waals surface area (Å²) >= 11 is 3.38. The smallest absolute Gasteiger partial charge is 0.337 e. The highest BCUT2D eigenvalue weighted by Gasteiger charge is 2.16. The zero-order valence-corrected chi connectivity index (χ0v) is 12.5. The molecule has 106 valence electrons. The third kappa shape index (κ3) is 2.25. The lowest BCUT2D eigenvalue weighted by Crippen LogP contribution is -2.03. The normalized spacial score (nSPS) is 10.8. The lowest BCUT2D eigenvalue weighted by atomic mass is 10.2. The van der Waals surface area contributed by atoms with Gasteiger partial charge in [-0.25, -0.2) is 9.48 Å². The van der Waals surface area contributed by atoms with Gasteiger partial charge in [0.05, 0.1) is 22.8 Å². The topological polar surface area (TPSA) is 77.2 Å². The van der Waals surface area contributed by atoms with Gasteiger partial charge in [0.2, 0.25) is 0 Å². The van der Waals surface area contributed by atoms with E-state index in [1.165, 1.54) is 10.7 Å². The second-order valence-electron chi connectivity index (χ2n) is 4.30. The Labute approximate surface area is 128 Å². The van der Waals surface area contributed by atoms with E-state index in [0.717, 1.165) is 4.47 Å². The predicted molar refractivity (Wildman–Crippen MR) is 80.1 cm³/mol. The quantitative estimate of drug-likeness (QED) is 0.788. The number of nitrogens with zero attached hydrogens (tertiary/aromatic N) is 3. The number of aromatic nitrogens is 3. The molecule has 0 aliphatic heterocycles. The van der Waals surface area contributed by atoms with E-state index in [1.54, 1.807) is 31.4 Å². The van der Waals surface area contributed by atoms with Crippen molar-refractivity contribution < 1.29 is 14.6 Å². The first-order chi connectivity index (χ1) is 10.1. The Bertz CT molecular complexity index is 845. The molecule has 1 aromatic heterocycles. The Kier molecular flexibility index (Phi) is 3.34. The fourth-order valence-corrected chi connectivity index (χ4v) is 2.51. The number of ether oxygens (including phenoxy) is 1. The highest BCUT2D eigenvalue weighted by molar-refractivity contribution is 9.10. The van der Waals surface area contributed by atoms with Crippen molar-refractivity contribution in [3.8, 4) is 11.4 Å². The van der Waals surface area contributed by atoms with Gasteiger partial charge in [-0.2, -0.15) is 0 Å². The molecule has 0 radical (unpaired) electrons. The fraction of sp³-hybridized carbons (Fsp3) is 0.0714.